The molecule has 0 fully saturated rings. The molecule has 0 bridgehead atoms. The van der Waals surface area contributed by atoms with E-state index in [1.54, 1.807) is 6.92 Å². The number of nitrogens with two attached hydrogens (primary N) is 1. The first-order chi connectivity index (χ1) is 10.3. The zero-order chi connectivity index (χ0) is 16.8. The van der Waals surface area contributed by atoms with Gasteiger partial charge in [0.05, 0.1) is 18.2 Å². The maximum Gasteiger partial charge on any atom is 0.419 e. The molecule has 0 aliphatic rings. The first-order valence-corrected chi connectivity index (χ1v) is 6.59. The van der Waals surface area contributed by atoms with Crippen LogP contribution in [0, 0.1) is 0 Å². The number of benzene rings is 1. The molecule has 22 heavy (non-hydrogen) atoms. The van der Waals surface area contributed by atoms with Gasteiger partial charge in [-0.2, -0.15) is 13.2 Å². The molecule has 0 saturated carbocycles. The molecule has 0 saturated heterocycles. The summed E-state index contributed by atoms with van der Waals surface area (Å²) in [5, 5.41) is 2.54. The van der Waals surface area contributed by atoms with Crippen molar-refractivity contribution in [3.8, 4) is 5.75 Å². The molecular formula is C14H19F3N2O3. The lowest BCUT2D eigenvalue weighted by Crippen LogP contribution is -2.48. The van der Waals surface area contributed by atoms with Gasteiger partial charge >= 0.3 is 6.18 Å². The highest BCUT2D eigenvalue weighted by molar-refractivity contribution is 5.81. The highest BCUT2D eigenvalue weighted by atomic mass is 19.4. The molecule has 0 radical (unpaired) electrons. The van der Waals surface area contributed by atoms with Gasteiger partial charge in [0.2, 0.25) is 5.91 Å². The quantitative estimate of drug-likeness (QED) is 0.800. The number of ether oxygens (including phenoxy) is 2. The van der Waals surface area contributed by atoms with Gasteiger partial charge in [0.25, 0.3) is 0 Å². The summed E-state index contributed by atoms with van der Waals surface area (Å²) < 4.78 is 48.3. The van der Waals surface area contributed by atoms with Crippen LogP contribution in [0.25, 0.3) is 0 Å². The third kappa shape index (κ3) is 5.53. The monoisotopic (exact) mass is 320 g/mol. The predicted octanol–water partition coefficient (Wildman–Crippen LogP) is 1.56. The van der Waals surface area contributed by atoms with Crippen LogP contribution < -0.4 is 15.8 Å². The van der Waals surface area contributed by atoms with Crippen LogP contribution in [0.2, 0.25) is 0 Å². The van der Waals surface area contributed by atoms with Crippen molar-refractivity contribution >= 4 is 5.91 Å². The maximum atomic E-state index is 12.8. The van der Waals surface area contributed by atoms with E-state index in [9.17, 15) is 18.0 Å². The molecule has 2 unspecified atom stereocenters. The van der Waals surface area contributed by atoms with Crippen molar-refractivity contribution in [1.29, 1.82) is 0 Å². The second-order valence-corrected chi connectivity index (χ2v) is 4.78. The summed E-state index contributed by atoms with van der Waals surface area (Å²) in [6.45, 7) is 1.54. The first-order valence-electron chi connectivity index (χ1n) is 6.59. The van der Waals surface area contributed by atoms with Gasteiger partial charge in [-0.1, -0.05) is 12.1 Å². The van der Waals surface area contributed by atoms with Crippen molar-refractivity contribution in [2.45, 2.75) is 25.2 Å². The van der Waals surface area contributed by atoms with Gasteiger partial charge in [-0.3, -0.25) is 4.79 Å². The van der Waals surface area contributed by atoms with E-state index < -0.39 is 29.7 Å². The molecule has 1 amide bonds. The zero-order valence-corrected chi connectivity index (χ0v) is 12.3. The number of halogens is 3. The molecule has 0 spiro atoms. The topological polar surface area (TPSA) is 73.6 Å². The predicted molar refractivity (Wildman–Crippen MR) is 74.4 cm³/mol. The van der Waals surface area contributed by atoms with Crippen molar-refractivity contribution < 1.29 is 27.4 Å². The van der Waals surface area contributed by atoms with Crippen molar-refractivity contribution in [3.05, 3.63) is 29.8 Å². The summed E-state index contributed by atoms with van der Waals surface area (Å²) in [6, 6.07) is 3.56. The Bertz CT molecular complexity index is 494. The Morgan fingerprint density at radius 2 is 1.95 bits per heavy atom. The molecule has 1 aromatic rings. The SMILES string of the molecule is COCC(N)C(=O)NC(C)COc1ccccc1C(F)(F)F. The number of nitrogens with one attached hydrogen (secondary N) is 1. The molecule has 0 aliphatic heterocycles. The Labute approximate surface area is 126 Å². The second kappa shape index (κ2) is 8.00. The molecular weight excluding hydrogens is 301 g/mol. The average molecular weight is 320 g/mol. The fourth-order valence-corrected chi connectivity index (χ4v) is 1.69. The van der Waals surface area contributed by atoms with E-state index in [0.717, 1.165) is 6.07 Å². The number of amides is 1. The number of hydrogen-bond acceptors (Lipinski definition) is 4. The number of rotatable bonds is 7. The molecule has 0 heterocycles. The first kappa shape index (κ1) is 18.2. The maximum absolute atomic E-state index is 12.8. The van der Waals surface area contributed by atoms with Crippen LogP contribution in [-0.4, -0.2) is 38.3 Å². The smallest absolute Gasteiger partial charge is 0.419 e. The molecule has 1 aromatic carbocycles. The van der Waals surface area contributed by atoms with Gasteiger partial charge in [0.1, 0.15) is 18.4 Å². The number of para-hydroxylation sites is 1. The molecule has 1 rings (SSSR count). The lowest BCUT2D eigenvalue weighted by Gasteiger charge is -2.19. The van der Waals surface area contributed by atoms with Gasteiger partial charge in [-0.25, -0.2) is 0 Å². The summed E-state index contributed by atoms with van der Waals surface area (Å²) in [7, 11) is 1.41. The summed E-state index contributed by atoms with van der Waals surface area (Å²) in [4.78, 5) is 11.6. The Morgan fingerprint density at radius 3 is 2.55 bits per heavy atom. The van der Waals surface area contributed by atoms with Gasteiger partial charge in [0.15, 0.2) is 0 Å². The fraction of sp³-hybridized carbons (Fsp3) is 0.500. The highest BCUT2D eigenvalue weighted by Crippen LogP contribution is 2.35. The van der Waals surface area contributed by atoms with Crippen LogP contribution in [-0.2, 0) is 15.7 Å². The van der Waals surface area contributed by atoms with Crippen molar-refractivity contribution in [3.63, 3.8) is 0 Å². The van der Waals surface area contributed by atoms with Gasteiger partial charge in [0, 0.05) is 7.11 Å². The number of carbonyl (C=O) groups excluding carboxylic acids is 1. The Kier molecular flexibility index (Phi) is 6.63. The van der Waals surface area contributed by atoms with Crippen LogP contribution in [0.5, 0.6) is 5.75 Å². The Balaban J connectivity index is 2.58. The molecule has 5 nitrogen and oxygen atoms in total. The second-order valence-electron chi connectivity index (χ2n) is 4.78. The van der Waals surface area contributed by atoms with Crippen LogP contribution in [0.3, 0.4) is 0 Å². The van der Waals surface area contributed by atoms with Crippen LogP contribution >= 0.6 is 0 Å². The standard InChI is InChI=1S/C14H19F3N2O3/c1-9(19-13(20)11(18)8-21-2)7-22-12-6-4-3-5-10(12)14(15,16)17/h3-6,9,11H,7-8,18H2,1-2H3,(H,19,20). The van der Waals surface area contributed by atoms with Crippen molar-refractivity contribution in [1.82, 2.24) is 5.32 Å². The van der Waals surface area contributed by atoms with Gasteiger partial charge < -0.3 is 20.5 Å². The van der Waals surface area contributed by atoms with Crippen LogP contribution in [0.15, 0.2) is 24.3 Å². The summed E-state index contributed by atoms with van der Waals surface area (Å²) >= 11 is 0. The lowest BCUT2D eigenvalue weighted by molar-refractivity contribution is -0.139. The number of hydrogen-bond donors (Lipinski definition) is 2. The summed E-state index contributed by atoms with van der Waals surface area (Å²) in [5.41, 5.74) is 4.68. The molecule has 2 atom stereocenters. The largest absolute Gasteiger partial charge is 0.491 e. The Morgan fingerprint density at radius 1 is 1.32 bits per heavy atom. The van der Waals surface area contributed by atoms with E-state index in [2.05, 4.69) is 5.32 Å². The van der Waals surface area contributed by atoms with Gasteiger partial charge in [-0.15, -0.1) is 0 Å². The molecule has 3 N–H and O–H groups in total. The van der Waals surface area contributed by atoms with Crippen LogP contribution in [0.4, 0.5) is 13.2 Å². The van der Waals surface area contributed by atoms with Crippen molar-refractivity contribution in [2.75, 3.05) is 20.3 Å². The number of alkyl halides is 3. The Hall–Kier alpha value is -1.80. The van der Waals surface area contributed by atoms with E-state index in [4.69, 9.17) is 15.2 Å². The fourth-order valence-electron chi connectivity index (χ4n) is 1.69. The number of carbonyl (C=O) groups is 1. The van der Waals surface area contributed by atoms with Crippen LogP contribution in [0.1, 0.15) is 12.5 Å². The minimum Gasteiger partial charge on any atom is -0.491 e. The van der Waals surface area contributed by atoms with E-state index in [1.165, 1.54) is 25.3 Å². The van der Waals surface area contributed by atoms with E-state index in [-0.39, 0.29) is 19.0 Å². The molecule has 124 valence electrons. The third-order valence-electron chi connectivity index (χ3n) is 2.75. The minimum atomic E-state index is -4.50. The molecule has 8 heteroatoms. The third-order valence-corrected chi connectivity index (χ3v) is 2.75. The molecule has 0 aromatic heterocycles. The summed E-state index contributed by atoms with van der Waals surface area (Å²) in [6.07, 6.45) is -4.50. The minimum absolute atomic E-state index is 0.0519. The zero-order valence-electron chi connectivity index (χ0n) is 12.3. The normalized spacial score (nSPS) is 14.3. The van der Waals surface area contributed by atoms with E-state index >= 15 is 0 Å². The highest BCUT2D eigenvalue weighted by Gasteiger charge is 2.34. The number of methoxy groups -OCH3 is 1. The van der Waals surface area contributed by atoms with E-state index in [1.807, 2.05) is 0 Å². The lowest BCUT2D eigenvalue weighted by atomic mass is 10.2. The average Bonchev–Trinajstić information content (AvgIpc) is 2.44. The van der Waals surface area contributed by atoms with E-state index in [0.29, 0.717) is 0 Å². The molecule has 0 aliphatic carbocycles. The summed E-state index contributed by atoms with van der Waals surface area (Å²) in [5.74, 6) is -0.737. The van der Waals surface area contributed by atoms with Crippen molar-refractivity contribution in [2.24, 2.45) is 5.73 Å². The van der Waals surface area contributed by atoms with Gasteiger partial charge in [-0.05, 0) is 19.1 Å².